The summed E-state index contributed by atoms with van der Waals surface area (Å²) in [5.41, 5.74) is 0. The summed E-state index contributed by atoms with van der Waals surface area (Å²) >= 11 is 0. The van der Waals surface area contributed by atoms with Gasteiger partial charge in [-0.25, -0.2) is 0 Å². The van der Waals surface area contributed by atoms with E-state index in [1.54, 1.807) is 0 Å². The predicted octanol–water partition coefficient (Wildman–Crippen LogP) is 0.557. The molecule has 0 aromatic carbocycles. The molecule has 0 aliphatic carbocycles. The highest BCUT2D eigenvalue weighted by atomic mass is 16.5. The Bertz CT molecular complexity index is 285. The second-order valence-corrected chi connectivity index (χ2v) is 6.02. The predicted molar refractivity (Wildman–Crippen MR) is 79.7 cm³/mol. The second kappa shape index (κ2) is 8.60. The molecule has 5 nitrogen and oxygen atoms in total. The lowest BCUT2D eigenvalue weighted by atomic mass is 9.99. The molecule has 0 unspecified atom stereocenters. The van der Waals surface area contributed by atoms with Gasteiger partial charge in [0.15, 0.2) is 0 Å². The minimum absolute atomic E-state index is 0.316. The van der Waals surface area contributed by atoms with Gasteiger partial charge in [-0.3, -0.25) is 9.69 Å². The van der Waals surface area contributed by atoms with E-state index in [2.05, 4.69) is 17.1 Å². The molecule has 0 saturated carbocycles. The summed E-state index contributed by atoms with van der Waals surface area (Å²) in [4.78, 5) is 16.5. The van der Waals surface area contributed by atoms with Gasteiger partial charge >= 0.3 is 0 Å². The molecule has 0 radical (unpaired) electrons. The fourth-order valence-electron chi connectivity index (χ4n) is 2.80. The van der Waals surface area contributed by atoms with Crippen LogP contribution < -0.4 is 5.32 Å². The molecule has 2 rings (SSSR count). The number of hydrogen-bond acceptors (Lipinski definition) is 4. The number of morpholine rings is 1. The number of amides is 1. The van der Waals surface area contributed by atoms with Crippen LogP contribution in [0.25, 0.3) is 0 Å². The van der Waals surface area contributed by atoms with Gasteiger partial charge in [-0.05, 0) is 18.8 Å². The molecule has 2 fully saturated rings. The summed E-state index contributed by atoms with van der Waals surface area (Å²) < 4.78 is 5.32. The highest BCUT2D eigenvalue weighted by Gasteiger charge is 2.19. The Balaban J connectivity index is 1.49. The number of carbonyl (C=O) groups excluding carboxylic acids is 1. The van der Waals surface area contributed by atoms with Crippen LogP contribution in [0.1, 0.15) is 26.2 Å². The van der Waals surface area contributed by atoms with Crippen LogP contribution in [-0.2, 0) is 9.53 Å². The fraction of sp³-hybridized carbons (Fsp3) is 0.933. The molecule has 0 spiro atoms. The lowest BCUT2D eigenvalue weighted by molar-refractivity contribution is -0.132. The van der Waals surface area contributed by atoms with Gasteiger partial charge in [0.05, 0.1) is 13.2 Å². The van der Waals surface area contributed by atoms with Gasteiger partial charge in [-0.1, -0.05) is 6.92 Å². The third-order valence-corrected chi connectivity index (χ3v) is 4.36. The van der Waals surface area contributed by atoms with Crippen molar-refractivity contribution in [1.82, 2.24) is 15.1 Å². The lowest BCUT2D eigenvalue weighted by Crippen LogP contribution is -2.41. The molecule has 116 valence electrons. The molecule has 0 bridgehead atoms. The summed E-state index contributed by atoms with van der Waals surface area (Å²) in [7, 11) is 0. The summed E-state index contributed by atoms with van der Waals surface area (Å²) in [5.74, 6) is 1.10. The van der Waals surface area contributed by atoms with Crippen LogP contribution in [-0.4, -0.2) is 74.7 Å². The third-order valence-electron chi connectivity index (χ3n) is 4.36. The molecule has 0 aromatic rings. The molecule has 0 atom stereocenters. The Kier molecular flexibility index (Phi) is 6.76. The Hall–Kier alpha value is -0.650. The smallest absolute Gasteiger partial charge is 0.223 e. The van der Waals surface area contributed by atoms with Gasteiger partial charge < -0.3 is 15.0 Å². The normalized spacial score (nSPS) is 22.1. The Morgan fingerprint density at radius 2 is 1.85 bits per heavy atom. The lowest BCUT2D eigenvalue weighted by Gasteiger charge is -2.30. The van der Waals surface area contributed by atoms with Crippen molar-refractivity contribution in [2.75, 3.05) is 59.0 Å². The van der Waals surface area contributed by atoms with Crippen LogP contribution in [0.3, 0.4) is 0 Å². The van der Waals surface area contributed by atoms with Crippen LogP contribution in [0.15, 0.2) is 0 Å². The van der Waals surface area contributed by atoms with E-state index in [-0.39, 0.29) is 0 Å². The molecule has 5 heteroatoms. The van der Waals surface area contributed by atoms with E-state index in [0.29, 0.717) is 12.3 Å². The van der Waals surface area contributed by atoms with E-state index < -0.39 is 0 Å². The first-order chi connectivity index (χ1) is 9.75. The van der Waals surface area contributed by atoms with Crippen molar-refractivity contribution in [3.8, 4) is 0 Å². The molecule has 20 heavy (non-hydrogen) atoms. The van der Waals surface area contributed by atoms with Crippen molar-refractivity contribution < 1.29 is 9.53 Å². The topological polar surface area (TPSA) is 44.8 Å². The summed E-state index contributed by atoms with van der Waals surface area (Å²) in [6.45, 7) is 10.8. The van der Waals surface area contributed by atoms with E-state index in [0.717, 1.165) is 77.8 Å². The zero-order valence-corrected chi connectivity index (χ0v) is 12.8. The van der Waals surface area contributed by atoms with Crippen molar-refractivity contribution in [2.24, 2.45) is 5.92 Å². The zero-order valence-electron chi connectivity index (χ0n) is 12.8. The van der Waals surface area contributed by atoms with E-state index in [9.17, 15) is 4.79 Å². The number of nitrogens with zero attached hydrogens (tertiary/aromatic N) is 2. The number of piperidine rings is 1. The van der Waals surface area contributed by atoms with Crippen LogP contribution in [0.4, 0.5) is 0 Å². The van der Waals surface area contributed by atoms with Crippen LogP contribution in [0.5, 0.6) is 0 Å². The number of nitrogens with one attached hydrogen (secondary N) is 1. The van der Waals surface area contributed by atoms with Crippen molar-refractivity contribution in [3.05, 3.63) is 0 Å². The first-order valence-electron chi connectivity index (χ1n) is 8.04. The Labute approximate surface area is 122 Å². The highest BCUT2D eigenvalue weighted by molar-refractivity contribution is 5.76. The standard InChI is InChI=1S/C15H29N3O2/c1-14-3-7-18(8-4-14)15(19)2-5-16-6-9-17-10-12-20-13-11-17/h14,16H,2-13H2,1H3. The summed E-state index contributed by atoms with van der Waals surface area (Å²) in [6, 6.07) is 0. The number of hydrogen-bond donors (Lipinski definition) is 1. The number of rotatable bonds is 6. The number of ether oxygens (including phenoxy) is 1. The van der Waals surface area contributed by atoms with Crippen molar-refractivity contribution in [2.45, 2.75) is 26.2 Å². The Morgan fingerprint density at radius 1 is 1.15 bits per heavy atom. The molecule has 2 heterocycles. The van der Waals surface area contributed by atoms with Gasteiger partial charge in [0.2, 0.25) is 5.91 Å². The fourth-order valence-corrected chi connectivity index (χ4v) is 2.80. The zero-order chi connectivity index (χ0) is 14.2. The first-order valence-corrected chi connectivity index (χ1v) is 8.04. The van der Waals surface area contributed by atoms with E-state index >= 15 is 0 Å². The average Bonchev–Trinajstić information content (AvgIpc) is 2.48. The Morgan fingerprint density at radius 3 is 2.55 bits per heavy atom. The molecular formula is C15H29N3O2. The first kappa shape index (κ1) is 15.7. The molecule has 1 N–H and O–H groups in total. The van der Waals surface area contributed by atoms with Gasteiger partial charge in [0.25, 0.3) is 0 Å². The summed E-state index contributed by atoms with van der Waals surface area (Å²) in [5, 5.41) is 3.38. The third kappa shape index (κ3) is 5.38. The molecule has 2 saturated heterocycles. The molecule has 0 aromatic heterocycles. The molecule has 2 aliphatic rings. The van der Waals surface area contributed by atoms with Crippen molar-refractivity contribution in [3.63, 3.8) is 0 Å². The number of carbonyl (C=O) groups is 1. The maximum absolute atomic E-state index is 12.0. The molecular weight excluding hydrogens is 254 g/mol. The van der Waals surface area contributed by atoms with Gasteiger partial charge in [-0.2, -0.15) is 0 Å². The van der Waals surface area contributed by atoms with Gasteiger partial charge in [0, 0.05) is 52.2 Å². The van der Waals surface area contributed by atoms with E-state index in [1.807, 2.05) is 4.90 Å². The SMILES string of the molecule is CC1CCN(C(=O)CCNCCN2CCOCC2)CC1. The van der Waals surface area contributed by atoms with Crippen molar-refractivity contribution in [1.29, 1.82) is 0 Å². The van der Waals surface area contributed by atoms with Crippen LogP contribution in [0, 0.1) is 5.92 Å². The van der Waals surface area contributed by atoms with Gasteiger partial charge in [0.1, 0.15) is 0 Å². The minimum atomic E-state index is 0.316. The quantitative estimate of drug-likeness (QED) is 0.723. The number of likely N-dealkylation sites (tertiary alicyclic amines) is 1. The largest absolute Gasteiger partial charge is 0.379 e. The molecule has 1 amide bonds. The maximum atomic E-state index is 12.0. The van der Waals surface area contributed by atoms with Crippen LogP contribution >= 0.6 is 0 Å². The average molecular weight is 283 g/mol. The second-order valence-electron chi connectivity index (χ2n) is 6.02. The van der Waals surface area contributed by atoms with Crippen molar-refractivity contribution >= 4 is 5.91 Å². The summed E-state index contributed by atoms with van der Waals surface area (Å²) in [6.07, 6.45) is 2.96. The van der Waals surface area contributed by atoms with E-state index in [4.69, 9.17) is 4.74 Å². The maximum Gasteiger partial charge on any atom is 0.223 e. The monoisotopic (exact) mass is 283 g/mol. The van der Waals surface area contributed by atoms with Crippen LogP contribution in [0.2, 0.25) is 0 Å². The van der Waals surface area contributed by atoms with Gasteiger partial charge in [-0.15, -0.1) is 0 Å². The van der Waals surface area contributed by atoms with E-state index in [1.165, 1.54) is 0 Å². The highest BCUT2D eigenvalue weighted by Crippen LogP contribution is 2.16. The minimum Gasteiger partial charge on any atom is -0.379 e. The molecule has 2 aliphatic heterocycles.